The van der Waals surface area contributed by atoms with Gasteiger partial charge >= 0.3 is 5.97 Å². The maximum absolute atomic E-state index is 13.1. The fraction of sp³-hybridized carbons (Fsp3) is 0.125. The number of hydrogen-bond donors (Lipinski definition) is 0. The lowest BCUT2D eigenvalue weighted by atomic mass is 10.2. The zero-order chi connectivity index (χ0) is 9.42. The molecule has 0 radical (unpaired) electrons. The molecule has 5 heteroatoms. The van der Waals surface area contributed by atoms with E-state index in [1.165, 1.54) is 12.1 Å². The predicted octanol–water partition coefficient (Wildman–Crippen LogP) is 2.09. The van der Waals surface area contributed by atoms with Crippen LogP contribution in [0.15, 0.2) is 16.6 Å². The van der Waals surface area contributed by atoms with E-state index in [-0.39, 0.29) is 18.1 Å². The van der Waals surface area contributed by atoms with Crippen molar-refractivity contribution >= 4 is 21.9 Å². The standard InChI is InChI=1S/C8H4BrFO3/c9-4-1-2-5(10)7-6(4)8(11)13-3-12-7/h1-2H,3H2. The van der Waals surface area contributed by atoms with Gasteiger partial charge in [0.05, 0.1) is 0 Å². The molecule has 0 saturated carbocycles. The summed E-state index contributed by atoms with van der Waals surface area (Å²) in [4.78, 5) is 11.2. The Kier molecular flexibility index (Phi) is 1.95. The molecule has 2 rings (SSSR count). The fourth-order valence-corrected chi connectivity index (χ4v) is 1.55. The number of fused-ring (bicyclic) bond motifs is 1. The molecule has 0 N–H and O–H groups in total. The van der Waals surface area contributed by atoms with Crippen LogP contribution in [0.4, 0.5) is 4.39 Å². The van der Waals surface area contributed by atoms with Crippen LogP contribution in [0.25, 0.3) is 0 Å². The average molecular weight is 247 g/mol. The lowest BCUT2D eigenvalue weighted by molar-refractivity contribution is 0.00310. The first kappa shape index (κ1) is 8.50. The summed E-state index contributed by atoms with van der Waals surface area (Å²) in [5, 5.41) is 0. The lowest BCUT2D eigenvalue weighted by Crippen LogP contribution is -2.19. The molecule has 0 atom stereocenters. The highest BCUT2D eigenvalue weighted by atomic mass is 79.9. The fourth-order valence-electron chi connectivity index (χ4n) is 1.08. The highest BCUT2D eigenvalue weighted by Crippen LogP contribution is 2.32. The Morgan fingerprint density at radius 3 is 2.85 bits per heavy atom. The number of cyclic esters (lactones) is 1. The van der Waals surface area contributed by atoms with E-state index in [0.717, 1.165) is 0 Å². The highest BCUT2D eigenvalue weighted by Gasteiger charge is 2.25. The molecule has 13 heavy (non-hydrogen) atoms. The van der Waals surface area contributed by atoms with Gasteiger partial charge in [-0.1, -0.05) is 0 Å². The van der Waals surface area contributed by atoms with E-state index in [1.54, 1.807) is 0 Å². The van der Waals surface area contributed by atoms with Crippen LogP contribution in [0.2, 0.25) is 0 Å². The zero-order valence-corrected chi connectivity index (χ0v) is 7.93. The summed E-state index contributed by atoms with van der Waals surface area (Å²) >= 11 is 3.11. The molecular formula is C8H4BrFO3. The van der Waals surface area contributed by atoms with E-state index < -0.39 is 11.8 Å². The largest absolute Gasteiger partial charge is 0.453 e. The number of benzene rings is 1. The van der Waals surface area contributed by atoms with Crippen molar-refractivity contribution < 1.29 is 18.7 Å². The van der Waals surface area contributed by atoms with Crippen LogP contribution < -0.4 is 4.74 Å². The first-order valence-electron chi connectivity index (χ1n) is 3.48. The topological polar surface area (TPSA) is 35.5 Å². The van der Waals surface area contributed by atoms with E-state index >= 15 is 0 Å². The summed E-state index contributed by atoms with van der Waals surface area (Å²) in [6.45, 7) is -0.237. The van der Waals surface area contributed by atoms with E-state index in [9.17, 15) is 9.18 Å². The number of carbonyl (C=O) groups is 1. The minimum Gasteiger partial charge on any atom is -0.453 e. The second kappa shape index (κ2) is 2.99. The maximum atomic E-state index is 13.1. The molecule has 0 aromatic heterocycles. The van der Waals surface area contributed by atoms with Gasteiger partial charge in [0.2, 0.25) is 6.79 Å². The Balaban J connectivity index is 2.67. The number of halogens is 2. The molecule has 1 aliphatic heterocycles. The van der Waals surface area contributed by atoms with Crippen molar-refractivity contribution in [2.45, 2.75) is 0 Å². The van der Waals surface area contributed by atoms with E-state index in [2.05, 4.69) is 20.7 Å². The second-order valence-corrected chi connectivity index (χ2v) is 3.28. The zero-order valence-electron chi connectivity index (χ0n) is 6.34. The number of ether oxygens (including phenoxy) is 2. The van der Waals surface area contributed by atoms with Crippen LogP contribution in [0.5, 0.6) is 5.75 Å². The Labute approximate surface area is 81.6 Å². The van der Waals surface area contributed by atoms with Crippen LogP contribution in [0.3, 0.4) is 0 Å². The summed E-state index contributed by atoms with van der Waals surface area (Å²) in [7, 11) is 0. The number of hydrogen-bond acceptors (Lipinski definition) is 3. The molecular weight excluding hydrogens is 243 g/mol. The summed E-state index contributed by atoms with van der Waals surface area (Å²) in [5.41, 5.74) is 0.103. The number of esters is 1. The highest BCUT2D eigenvalue weighted by molar-refractivity contribution is 9.10. The van der Waals surface area contributed by atoms with Gasteiger partial charge in [-0.05, 0) is 28.1 Å². The first-order chi connectivity index (χ1) is 6.20. The van der Waals surface area contributed by atoms with Crippen LogP contribution in [0.1, 0.15) is 10.4 Å². The summed E-state index contributed by atoms with van der Waals surface area (Å²) in [6, 6.07) is 2.66. The normalized spacial score (nSPS) is 14.5. The van der Waals surface area contributed by atoms with Crippen molar-refractivity contribution in [1.29, 1.82) is 0 Å². The summed E-state index contributed by atoms with van der Waals surface area (Å²) in [6.07, 6.45) is 0. The molecule has 0 amide bonds. The monoisotopic (exact) mass is 246 g/mol. The number of carbonyl (C=O) groups excluding carboxylic acids is 1. The molecule has 1 heterocycles. The van der Waals surface area contributed by atoms with Crippen LogP contribution in [0, 0.1) is 5.82 Å². The minimum atomic E-state index is -0.576. The second-order valence-electron chi connectivity index (χ2n) is 2.43. The van der Waals surface area contributed by atoms with Crippen LogP contribution >= 0.6 is 15.9 Å². The SMILES string of the molecule is O=C1OCOc2c(F)ccc(Br)c21. The molecule has 3 nitrogen and oxygen atoms in total. The van der Waals surface area contributed by atoms with Gasteiger partial charge in [0.15, 0.2) is 11.6 Å². The predicted molar refractivity (Wildman–Crippen MR) is 45.0 cm³/mol. The van der Waals surface area contributed by atoms with Crippen LogP contribution in [-0.2, 0) is 4.74 Å². The Morgan fingerprint density at radius 1 is 1.38 bits per heavy atom. The van der Waals surface area contributed by atoms with E-state index in [4.69, 9.17) is 4.74 Å². The van der Waals surface area contributed by atoms with Crippen molar-refractivity contribution in [2.24, 2.45) is 0 Å². The lowest BCUT2D eigenvalue weighted by Gasteiger charge is -2.17. The van der Waals surface area contributed by atoms with Gasteiger partial charge in [0.25, 0.3) is 0 Å². The van der Waals surface area contributed by atoms with Gasteiger partial charge in [-0.3, -0.25) is 0 Å². The summed E-state index contributed by atoms with van der Waals surface area (Å²) in [5.74, 6) is -1.19. The molecule has 0 bridgehead atoms. The van der Waals surface area contributed by atoms with Gasteiger partial charge in [-0.15, -0.1) is 0 Å². The molecule has 0 aliphatic carbocycles. The average Bonchev–Trinajstić information content (AvgIpc) is 2.12. The molecule has 1 aromatic carbocycles. The third kappa shape index (κ3) is 1.29. The number of rotatable bonds is 0. The molecule has 0 fully saturated rings. The Bertz CT molecular complexity index is 378. The van der Waals surface area contributed by atoms with Crippen molar-refractivity contribution in [3.63, 3.8) is 0 Å². The molecule has 0 saturated heterocycles. The smallest absolute Gasteiger partial charge is 0.346 e. The van der Waals surface area contributed by atoms with Gasteiger partial charge < -0.3 is 9.47 Å². The van der Waals surface area contributed by atoms with Crippen molar-refractivity contribution in [3.05, 3.63) is 28.0 Å². The van der Waals surface area contributed by atoms with E-state index in [0.29, 0.717) is 4.47 Å². The van der Waals surface area contributed by atoms with Gasteiger partial charge in [-0.2, -0.15) is 0 Å². The maximum Gasteiger partial charge on any atom is 0.346 e. The van der Waals surface area contributed by atoms with Crippen LogP contribution in [-0.4, -0.2) is 12.8 Å². The van der Waals surface area contributed by atoms with Gasteiger partial charge in [0.1, 0.15) is 5.56 Å². The van der Waals surface area contributed by atoms with Gasteiger partial charge in [0, 0.05) is 4.47 Å². The third-order valence-corrected chi connectivity index (χ3v) is 2.32. The Hall–Kier alpha value is -1.10. The molecule has 1 aromatic rings. The first-order valence-corrected chi connectivity index (χ1v) is 4.27. The van der Waals surface area contributed by atoms with Crippen molar-refractivity contribution in [1.82, 2.24) is 0 Å². The molecule has 68 valence electrons. The van der Waals surface area contributed by atoms with Crippen molar-refractivity contribution in [2.75, 3.05) is 6.79 Å². The minimum absolute atomic E-state index is 0.0503. The molecule has 0 spiro atoms. The van der Waals surface area contributed by atoms with E-state index in [1.807, 2.05) is 0 Å². The van der Waals surface area contributed by atoms with Gasteiger partial charge in [-0.25, -0.2) is 9.18 Å². The van der Waals surface area contributed by atoms with Crippen molar-refractivity contribution in [3.8, 4) is 5.75 Å². The Morgan fingerprint density at radius 2 is 2.15 bits per heavy atom. The molecule has 1 aliphatic rings. The summed E-state index contributed by atoms with van der Waals surface area (Å²) < 4.78 is 23.0. The molecule has 0 unspecified atom stereocenters. The quantitative estimate of drug-likeness (QED) is 0.658. The third-order valence-electron chi connectivity index (χ3n) is 1.66.